The van der Waals surface area contributed by atoms with Crippen LogP contribution in [0.3, 0.4) is 0 Å². The van der Waals surface area contributed by atoms with Crippen LogP contribution in [0.4, 0.5) is 5.13 Å². The SMILES string of the molecule is Nc1nc(/C(=N/O)C(=O)N[C@@H]2C(=O)N3C(C(=O)O)=C(CSc4cn[nH]n4)CS[C@H]23)cs1. The molecular weight excluding hydrogens is 468 g/mol. The molecule has 1 fully saturated rings. The van der Waals surface area contributed by atoms with Crippen LogP contribution in [0.15, 0.2) is 33.0 Å². The zero-order valence-electron chi connectivity index (χ0n) is 15.4. The summed E-state index contributed by atoms with van der Waals surface area (Å²) >= 11 is 3.68. The van der Waals surface area contributed by atoms with Crippen molar-refractivity contribution in [1.29, 1.82) is 0 Å². The number of aliphatic carboxylic acids is 1. The molecule has 2 aromatic rings. The van der Waals surface area contributed by atoms with E-state index in [1.165, 1.54) is 35.1 Å². The molecule has 0 aliphatic carbocycles. The molecule has 0 spiro atoms. The van der Waals surface area contributed by atoms with Crippen LogP contribution >= 0.6 is 34.9 Å². The second-order valence-corrected chi connectivity index (χ2v) is 9.23. The molecule has 0 radical (unpaired) electrons. The van der Waals surface area contributed by atoms with Gasteiger partial charge in [-0.1, -0.05) is 16.9 Å². The number of carbonyl (C=O) groups is 3. The predicted molar refractivity (Wildman–Crippen MR) is 112 cm³/mol. The van der Waals surface area contributed by atoms with E-state index in [1.807, 2.05) is 0 Å². The van der Waals surface area contributed by atoms with Crippen LogP contribution in [-0.2, 0) is 14.4 Å². The van der Waals surface area contributed by atoms with Gasteiger partial charge in [0, 0.05) is 16.9 Å². The third kappa shape index (κ3) is 3.96. The van der Waals surface area contributed by atoms with Crippen LogP contribution < -0.4 is 11.1 Å². The number of oxime groups is 1. The Kier molecular flexibility index (Phi) is 5.84. The largest absolute Gasteiger partial charge is 0.477 e. The summed E-state index contributed by atoms with van der Waals surface area (Å²) in [7, 11) is 0. The van der Waals surface area contributed by atoms with Crippen molar-refractivity contribution >= 4 is 63.5 Å². The number of nitrogens with zero attached hydrogens (tertiary/aromatic N) is 5. The molecule has 6 N–H and O–H groups in total. The number of hydrogen-bond donors (Lipinski definition) is 5. The maximum atomic E-state index is 12.7. The average Bonchev–Trinajstić information content (AvgIpc) is 3.42. The van der Waals surface area contributed by atoms with Crippen molar-refractivity contribution in [2.75, 3.05) is 17.2 Å². The Labute approximate surface area is 186 Å². The van der Waals surface area contributed by atoms with Gasteiger partial charge in [0.25, 0.3) is 11.8 Å². The summed E-state index contributed by atoms with van der Waals surface area (Å²) in [5, 5.41) is 36.0. The minimum absolute atomic E-state index is 0.0701. The molecule has 13 nitrogen and oxygen atoms in total. The first-order valence-corrected chi connectivity index (χ1v) is 11.4. The number of nitrogens with one attached hydrogen (secondary N) is 2. The highest BCUT2D eigenvalue weighted by Crippen LogP contribution is 2.41. The molecule has 0 unspecified atom stereocenters. The fourth-order valence-electron chi connectivity index (χ4n) is 3.03. The fourth-order valence-corrected chi connectivity index (χ4v) is 5.85. The van der Waals surface area contributed by atoms with E-state index in [9.17, 15) is 24.7 Å². The van der Waals surface area contributed by atoms with Crippen LogP contribution in [0.5, 0.6) is 0 Å². The lowest BCUT2D eigenvalue weighted by molar-refractivity contribution is -0.150. The second kappa shape index (κ2) is 8.56. The fraction of sp³-hybridized carbons (Fsp3) is 0.267. The summed E-state index contributed by atoms with van der Waals surface area (Å²) in [6, 6.07) is -0.968. The summed E-state index contributed by atoms with van der Waals surface area (Å²) < 4.78 is 0. The van der Waals surface area contributed by atoms with E-state index in [0.29, 0.717) is 22.1 Å². The molecule has 162 valence electrons. The molecule has 0 saturated carbocycles. The number of thiazole rings is 1. The number of hydrogen-bond acceptors (Lipinski definition) is 12. The smallest absolute Gasteiger partial charge is 0.352 e. The number of carbonyl (C=O) groups excluding carboxylic acids is 2. The maximum Gasteiger partial charge on any atom is 0.352 e. The van der Waals surface area contributed by atoms with Gasteiger partial charge in [0.15, 0.2) is 10.8 Å². The number of β-lactam (4-membered cyclic amide) rings is 1. The lowest BCUT2D eigenvalue weighted by Gasteiger charge is -2.49. The number of nitrogens with two attached hydrogens (primary N) is 1. The number of carboxylic acid groups (broad SMARTS) is 1. The molecule has 1 saturated heterocycles. The Morgan fingerprint density at radius 3 is 2.90 bits per heavy atom. The molecule has 16 heteroatoms. The number of thioether (sulfide) groups is 2. The molecule has 2 aliphatic rings. The predicted octanol–water partition coefficient (Wildman–Crippen LogP) is -0.447. The molecule has 0 aromatic carbocycles. The summed E-state index contributed by atoms with van der Waals surface area (Å²) in [5.74, 6) is -1.94. The highest BCUT2D eigenvalue weighted by molar-refractivity contribution is 8.01. The number of rotatable bonds is 7. The molecule has 0 bridgehead atoms. The van der Waals surface area contributed by atoms with Crippen molar-refractivity contribution in [1.82, 2.24) is 30.6 Å². The van der Waals surface area contributed by atoms with Crippen LogP contribution in [0.25, 0.3) is 0 Å². The first-order chi connectivity index (χ1) is 14.9. The summed E-state index contributed by atoms with van der Waals surface area (Å²) in [6.45, 7) is 0. The molecular formula is C15H14N8O5S3. The number of nitrogen functional groups attached to an aromatic ring is 1. The third-order valence-corrected chi connectivity index (χ3v) is 7.40. The van der Waals surface area contributed by atoms with Crippen molar-refractivity contribution in [3.63, 3.8) is 0 Å². The molecule has 2 aromatic heterocycles. The van der Waals surface area contributed by atoms with Gasteiger partial charge >= 0.3 is 5.97 Å². The Morgan fingerprint density at radius 2 is 2.29 bits per heavy atom. The van der Waals surface area contributed by atoms with E-state index in [4.69, 9.17) is 5.73 Å². The molecule has 31 heavy (non-hydrogen) atoms. The minimum Gasteiger partial charge on any atom is -0.477 e. The molecule has 2 aliphatic heterocycles. The van der Waals surface area contributed by atoms with Crippen molar-refractivity contribution in [2.45, 2.75) is 16.4 Å². The van der Waals surface area contributed by atoms with Crippen molar-refractivity contribution < 1.29 is 24.7 Å². The number of anilines is 1. The van der Waals surface area contributed by atoms with Gasteiger partial charge in [0.1, 0.15) is 27.8 Å². The van der Waals surface area contributed by atoms with Crippen LogP contribution in [0.2, 0.25) is 0 Å². The number of fused-ring (bicyclic) bond motifs is 1. The summed E-state index contributed by atoms with van der Waals surface area (Å²) in [4.78, 5) is 42.1. The van der Waals surface area contributed by atoms with Crippen molar-refractivity contribution in [3.8, 4) is 0 Å². The second-order valence-electron chi connectivity index (χ2n) is 6.23. The Hall–Kier alpha value is -3.11. The van der Waals surface area contributed by atoms with Gasteiger partial charge in [0.05, 0.1) is 6.20 Å². The van der Waals surface area contributed by atoms with Gasteiger partial charge in [-0.05, 0) is 5.57 Å². The first kappa shape index (κ1) is 21.1. The van der Waals surface area contributed by atoms with Gasteiger partial charge in [-0.15, -0.1) is 28.2 Å². The van der Waals surface area contributed by atoms with Gasteiger partial charge in [0.2, 0.25) is 0 Å². The van der Waals surface area contributed by atoms with Crippen molar-refractivity contribution in [2.24, 2.45) is 5.16 Å². The maximum absolute atomic E-state index is 12.7. The van der Waals surface area contributed by atoms with Gasteiger partial charge in [-0.3, -0.25) is 14.5 Å². The topological polar surface area (TPSA) is 200 Å². The van der Waals surface area contributed by atoms with Crippen LogP contribution in [0, 0.1) is 0 Å². The standard InChI is InChI=1S/C15H14N8O5S3/c16-15-18-6(4-31-15)8(21-28)11(24)19-9-12(25)23-10(14(26)27)5(3-30-13(9)23)2-29-7-1-17-22-20-7/h1,4,9,13,28H,2-3H2,(H2,16,18)(H,19,24)(H,26,27)(H,17,20,22)/b21-8-/t9-,13-/m1/s1. The summed E-state index contributed by atoms with van der Waals surface area (Å²) in [5.41, 5.74) is 5.68. The van der Waals surface area contributed by atoms with Gasteiger partial charge in [-0.25, -0.2) is 9.78 Å². The first-order valence-electron chi connectivity index (χ1n) is 8.53. The molecule has 4 heterocycles. The number of aromatic amines is 1. The zero-order chi connectivity index (χ0) is 22.1. The van der Waals surface area contributed by atoms with Crippen LogP contribution in [0.1, 0.15) is 5.69 Å². The number of carboxylic acids is 1. The summed E-state index contributed by atoms with van der Waals surface area (Å²) in [6.07, 6.45) is 1.51. The normalized spacial score (nSPS) is 21.0. The van der Waals surface area contributed by atoms with E-state index >= 15 is 0 Å². The number of H-pyrrole nitrogens is 1. The Bertz CT molecular complexity index is 1100. The molecule has 2 amide bonds. The Morgan fingerprint density at radius 1 is 1.48 bits per heavy atom. The van der Waals surface area contributed by atoms with Gasteiger partial charge in [-0.2, -0.15) is 10.3 Å². The monoisotopic (exact) mass is 482 g/mol. The minimum atomic E-state index is -1.23. The van der Waals surface area contributed by atoms with E-state index in [2.05, 4.69) is 30.9 Å². The van der Waals surface area contributed by atoms with Gasteiger partial charge < -0.3 is 21.4 Å². The lowest BCUT2D eigenvalue weighted by atomic mass is 10.0. The average molecular weight is 483 g/mol. The lowest BCUT2D eigenvalue weighted by Crippen LogP contribution is -2.71. The van der Waals surface area contributed by atoms with E-state index in [-0.39, 0.29) is 16.5 Å². The van der Waals surface area contributed by atoms with Crippen molar-refractivity contribution in [3.05, 3.63) is 28.5 Å². The van der Waals surface area contributed by atoms with Crippen LogP contribution in [-0.4, -0.2) is 82.0 Å². The molecule has 4 rings (SSSR count). The number of amides is 2. The highest BCUT2D eigenvalue weighted by Gasteiger charge is 2.54. The van der Waals surface area contributed by atoms with E-state index in [0.717, 1.165) is 16.2 Å². The van der Waals surface area contributed by atoms with E-state index < -0.39 is 34.9 Å². The number of aromatic nitrogens is 4. The third-order valence-electron chi connectivity index (χ3n) is 4.40. The molecule has 2 atom stereocenters. The highest BCUT2D eigenvalue weighted by atomic mass is 32.2. The quantitative estimate of drug-likeness (QED) is 0.113. The van der Waals surface area contributed by atoms with E-state index in [1.54, 1.807) is 0 Å². The zero-order valence-corrected chi connectivity index (χ0v) is 17.8. The Balaban J connectivity index is 1.48.